The van der Waals surface area contributed by atoms with E-state index in [0.29, 0.717) is 0 Å². The van der Waals surface area contributed by atoms with Gasteiger partial charge in [-0.15, -0.1) is 0 Å². The van der Waals surface area contributed by atoms with Crippen molar-refractivity contribution in [2.75, 3.05) is 19.7 Å². The number of nitrogens with two attached hydrogens (primary N) is 1. The van der Waals surface area contributed by atoms with Crippen molar-refractivity contribution in [3.63, 3.8) is 0 Å². The predicted octanol–water partition coefficient (Wildman–Crippen LogP) is -2.52. The molecule has 0 aromatic heterocycles. The fraction of sp³-hybridized carbons (Fsp3) is 0.889. The molecule has 3 atom stereocenters. The van der Waals surface area contributed by atoms with Gasteiger partial charge in [0.05, 0.1) is 18.8 Å². The molecule has 0 bridgehead atoms. The quantitative estimate of drug-likeness (QED) is 0.260. The molecular formula is C9H20N2O5. The normalized spacial score (nSPS) is 16.8. The molecule has 0 fully saturated rings. The van der Waals surface area contributed by atoms with E-state index in [1.54, 1.807) is 0 Å². The minimum atomic E-state index is -1.06. The molecular weight excluding hydrogens is 216 g/mol. The first-order valence-electron chi connectivity index (χ1n) is 5.14. The molecule has 0 aromatic rings. The summed E-state index contributed by atoms with van der Waals surface area (Å²) in [5.41, 5.74) is 5.19. The Morgan fingerprint density at radius 3 is 2.31 bits per heavy atom. The van der Waals surface area contributed by atoms with Gasteiger partial charge in [-0.3, -0.25) is 4.79 Å². The Balaban J connectivity index is 3.93. The molecule has 0 aliphatic carbocycles. The summed E-state index contributed by atoms with van der Waals surface area (Å²) in [6, 6.07) is -0.859. The zero-order chi connectivity index (χ0) is 12.6. The maximum atomic E-state index is 10.8. The van der Waals surface area contributed by atoms with Crippen LogP contribution in [0.4, 0.5) is 0 Å². The molecule has 0 aliphatic heterocycles. The highest BCUT2D eigenvalue weighted by Crippen LogP contribution is 2.01. The first-order valence-corrected chi connectivity index (χ1v) is 5.14. The second-order valence-corrected chi connectivity index (χ2v) is 3.60. The number of nitrogens with one attached hydrogen (secondary N) is 1. The van der Waals surface area contributed by atoms with Crippen molar-refractivity contribution in [1.29, 1.82) is 0 Å². The SMILES string of the molecule is NC[C@H](O)CC[C@H](NCC(O)CO)C(=O)O. The molecule has 16 heavy (non-hydrogen) atoms. The number of carbonyl (C=O) groups is 1. The summed E-state index contributed by atoms with van der Waals surface area (Å²) >= 11 is 0. The number of aliphatic hydroxyl groups excluding tert-OH is 3. The topological polar surface area (TPSA) is 136 Å². The van der Waals surface area contributed by atoms with Crippen molar-refractivity contribution in [3.8, 4) is 0 Å². The molecule has 0 rings (SSSR count). The van der Waals surface area contributed by atoms with Crippen LogP contribution in [-0.4, -0.2) is 64.3 Å². The van der Waals surface area contributed by atoms with Crippen LogP contribution in [0.3, 0.4) is 0 Å². The number of carboxylic acids is 1. The fourth-order valence-corrected chi connectivity index (χ4v) is 1.13. The third-order valence-corrected chi connectivity index (χ3v) is 2.17. The van der Waals surface area contributed by atoms with E-state index >= 15 is 0 Å². The molecule has 0 aliphatic rings. The minimum Gasteiger partial charge on any atom is -0.480 e. The van der Waals surface area contributed by atoms with Gasteiger partial charge >= 0.3 is 5.97 Å². The van der Waals surface area contributed by atoms with E-state index in [-0.39, 0.29) is 25.9 Å². The summed E-state index contributed by atoms with van der Waals surface area (Å²) < 4.78 is 0. The fourth-order valence-electron chi connectivity index (χ4n) is 1.13. The molecule has 7 N–H and O–H groups in total. The third-order valence-electron chi connectivity index (χ3n) is 2.17. The molecule has 7 nitrogen and oxygen atoms in total. The number of hydrogen-bond acceptors (Lipinski definition) is 6. The van der Waals surface area contributed by atoms with Crippen LogP contribution in [0.2, 0.25) is 0 Å². The monoisotopic (exact) mass is 236 g/mol. The first kappa shape index (κ1) is 15.3. The highest BCUT2D eigenvalue weighted by molar-refractivity contribution is 5.73. The van der Waals surface area contributed by atoms with Crippen molar-refractivity contribution < 1.29 is 25.2 Å². The Kier molecular flexibility index (Phi) is 8.04. The minimum absolute atomic E-state index is 0.00775. The number of hydrogen-bond donors (Lipinski definition) is 6. The molecule has 0 heterocycles. The highest BCUT2D eigenvalue weighted by atomic mass is 16.4. The summed E-state index contributed by atoms with van der Waals surface area (Å²) in [5.74, 6) is -1.06. The molecule has 0 radical (unpaired) electrons. The van der Waals surface area contributed by atoms with Crippen molar-refractivity contribution in [2.24, 2.45) is 5.73 Å². The van der Waals surface area contributed by atoms with E-state index in [9.17, 15) is 9.90 Å². The zero-order valence-electron chi connectivity index (χ0n) is 9.04. The second kappa shape index (κ2) is 8.43. The maximum absolute atomic E-state index is 10.8. The zero-order valence-corrected chi connectivity index (χ0v) is 9.04. The first-order chi connectivity index (χ1) is 7.51. The van der Waals surface area contributed by atoms with Gasteiger partial charge in [0.2, 0.25) is 0 Å². The number of aliphatic hydroxyl groups is 3. The van der Waals surface area contributed by atoms with E-state index in [1.165, 1.54) is 0 Å². The van der Waals surface area contributed by atoms with Gasteiger partial charge in [-0.2, -0.15) is 0 Å². The number of carboxylic acid groups (broad SMARTS) is 1. The van der Waals surface area contributed by atoms with Gasteiger partial charge < -0.3 is 31.5 Å². The smallest absolute Gasteiger partial charge is 0.320 e. The third kappa shape index (κ3) is 6.70. The van der Waals surface area contributed by atoms with Crippen LogP contribution in [0, 0.1) is 0 Å². The lowest BCUT2D eigenvalue weighted by Gasteiger charge is -2.17. The van der Waals surface area contributed by atoms with E-state index < -0.39 is 30.8 Å². The van der Waals surface area contributed by atoms with E-state index in [1.807, 2.05) is 0 Å². The van der Waals surface area contributed by atoms with Gasteiger partial charge in [-0.05, 0) is 12.8 Å². The average molecular weight is 236 g/mol. The van der Waals surface area contributed by atoms with Crippen LogP contribution in [0.25, 0.3) is 0 Å². The molecule has 0 aromatic carbocycles. The molecule has 0 amide bonds. The van der Waals surface area contributed by atoms with E-state index in [2.05, 4.69) is 5.32 Å². The summed E-state index contributed by atoms with van der Waals surface area (Å²) in [6.07, 6.45) is -1.21. The van der Waals surface area contributed by atoms with Crippen LogP contribution in [0.15, 0.2) is 0 Å². The van der Waals surface area contributed by atoms with Gasteiger partial charge in [-0.1, -0.05) is 0 Å². The lowest BCUT2D eigenvalue weighted by Crippen LogP contribution is -2.42. The molecule has 1 unspecified atom stereocenters. The molecule has 7 heteroatoms. The Morgan fingerprint density at radius 1 is 1.25 bits per heavy atom. The summed E-state index contributed by atoms with van der Waals surface area (Å²) in [5, 5.41) is 38.2. The van der Waals surface area contributed by atoms with Crippen LogP contribution in [-0.2, 0) is 4.79 Å². The van der Waals surface area contributed by atoms with Crippen molar-refractivity contribution >= 4 is 5.97 Å². The summed E-state index contributed by atoms with van der Waals surface area (Å²) in [7, 11) is 0. The van der Waals surface area contributed by atoms with E-state index in [0.717, 1.165) is 0 Å². The Morgan fingerprint density at radius 2 is 1.88 bits per heavy atom. The van der Waals surface area contributed by atoms with Crippen molar-refractivity contribution in [3.05, 3.63) is 0 Å². The number of rotatable bonds is 9. The maximum Gasteiger partial charge on any atom is 0.320 e. The van der Waals surface area contributed by atoms with Crippen LogP contribution in [0.1, 0.15) is 12.8 Å². The second-order valence-electron chi connectivity index (χ2n) is 3.60. The lowest BCUT2D eigenvalue weighted by molar-refractivity contribution is -0.139. The molecule has 0 saturated heterocycles. The molecule has 0 spiro atoms. The predicted molar refractivity (Wildman–Crippen MR) is 56.8 cm³/mol. The highest BCUT2D eigenvalue weighted by Gasteiger charge is 2.18. The Labute approximate surface area is 93.9 Å². The largest absolute Gasteiger partial charge is 0.480 e. The standard InChI is InChI=1S/C9H20N2O5/c10-3-6(13)1-2-8(9(15)16)11-4-7(14)5-12/h6-8,11-14H,1-5,10H2,(H,15,16)/t6-,7?,8+/m1/s1. The number of aliphatic carboxylic acids is 1. The lowest BCUT2D eigenvalue weighted by atomic mass is 10.1. The van der Waals surface area contributed by atoms with Gasteiger partial charge in [0.15, 0.2) is 0 Å². The van der Waals surface area contributed by atoms with Gasteiger partial charge in [0.1, 0.15) is 6.04 Å². The van der Waals surface area contributed by atoms with Crippen LogP contribution in [0.5, 0.6) is 0 Å². The van der Waals surface area contributed by atoms with Crippen molar-refractivity contribution in [1.82, 2.24) is 5.32 Å². The summed E-state index contributed by atoms with van der Waals surface area (Å²) in [6.45, 7) is -0.345. The van der Waals surface area contributed by atoms with Gasteiger partial charge in [-0.25, -0.2) is 0 Å². The average Bonchev–Trinajstić information content (AvgIpc) is 2.27. The van der Waals surface area contributed by atoms with Crippen molar-refractivity contribution in [2.45, 2.75) is 31.1 Å². The summed E-state index contributed by atoms with van der Waals surface area (Å²) in [4.78, 5) is 10.8. The van der Waals surface area contributed by atoms with Crippen LogP contribution >= 0.6 is 0 Å². The molecule has 96 valence electrons. The van der Waals surface area contributed by atoms with Crippen LogP contribution < -0.4 is 11.1 Å². The van der Waals surface area contributed by atoms with Gasteiger partial charge in [0.25, 0.3) is 0 Å². The Bertz CT molecular complexity index is 188. The van der Waals surface area contributed by atoms with Gasteiger partial charge in [0, 0.05) is 13.1 Å². The Hall–Kier alpha value is -0.730. The molecule has 0 saturated carbocycles. The van der Waals surface area contributed by atoms with E-state index in [4.69, 9.17) is 21.1 Å².